The first-order valence-electron chi connectivity index (χ1n) is 7.72. The molecule has 2 N–H and O–H groups in total. The second kappa shape index (κ2) is 6.84. The van der Waals surface area contributed by atoms with Crippen molar-refractivity contribution in [1.82, 2.24) is 9.97 Å². The van der Waals surface area contributed by atoms with Crippen molar-refractivity contribution in [3.63, 3.8) is 0 Å². The van der Waals surface area contributed by atoms with Gasteiger partial charge in [0.1, 0.15) is 11.9 Å². The molecular weight excluding hydrogens is 312 g/mol. The van der Waals surface area contributed by atoms with Crippen LogP contribution in [0.5, 0.6) is 0 Å². The standard InChI is InChI=1S/C17H17ClN4O/c18-13-7-3-4-8-14(13)20-16-12(10-19)17(23)22-15(21-16)9-11-5-1-2-6-11/h3-4,7-8,11H,1-2,5-6,9H2,(H2,20,21,22,23). The van der Waals surface area contributed by atoms with Crippen LogP contribution in [0.15, 0.2) is 29.1 Å². The quantitative estimate of drug-likeness (QED) is 0.895. The molecule has 23 heavy (non-hydrogen) atoms. The van der Waals surface area contributed by atoms with E-state index in [1.54, 1.807) is 12.1 Å². The van der Waals surface area contributed by atoms with Crippen molar-refractivity contribution in [3.05, 3.63) is 51.0 Å². The third kappa shape index (κ3) is 3.54. The molecule has 3 rings (SSSR count). The Morgan fingerprint density at radius 1 is 1.35 bits per heavy atom. The molecular formula is C17H17ClN4O. The van der Waals surface area contributed by atoms with Crippen LogP contribution in [-0.2, 0) is 6.42 Å². The van der Waals surface area contributed by atoms with E-state index in [9.17, 15) is 10.1 Å². The van der Waals surface area contributed by atoms with Crippen LogP contribution in [0.1, 0.15) is 37.1 Å². The van der Waals surface area contributed by atoms with E-state index in [0.717, 1.165) is 19.3 Å². The molecule has 1 saturated carbocycles. The Morgan fingerprint density at radius 3 is 2.78 bits per heavy atom. The Balaban J connectivity index is 1.93. The van der Waals surface area contributed by atoms with Crippen molar-refractivity contribution < 1.29 is 0 Å². The fraction of sp³-hybridized carbons (Fsp3) is 0.353. The summed E-state index contributed by atoms with van der Waals surface area (Å²) >= 11 is 6.13. The highest BCUT2D eigenvalue weighted by molar-refractivity contribution is 6.33. The molecule has 0 aliphatic heterocycles. The maximum Gasteiger partial charge on any atom is 0.271 e. The van der Waals surface area contributed by atoms with Crippen molar-refractivity contribution in [1.29, 1.82) is 5.26 Å². The van der Waals surface area contributed by atoms with Gasteiger partial charge < -0.3 is 10.3 Å². The van der Waals surface area contributed by atoms with Gasteiger partial charge in [-0.2, -0.15) is 5.26 Å². The van der Waals surface area contributed by atoms with E-state index in [1.165, 1.54) is 12.8 Å². The number of anilines is 2. The van der Waals surface area contributed by atoms with Gasteiger partial charge in [-0.15, -0.1) is 0 Å². The van der Waals surface area contributed by atoms with Crippen LogP contribution in [0.25, 0.3) is 0 Å². The van der Waals surface area contributed by atoms with Gasteiger partial charge in [-0.05, 0) is 18.1 Å². The average molecular weight is 329 g/mol. The van der Waals surface area contributed by atoms with Crippen molar-refractivity contribution in [2.45, 2.75) is 32.1 Å². The maximum atomic E-state index is 12.1. The SMILES string of the molecule is N#Cc1c(Nc2ccccc2Cl)nc(CC2CCCC2)[nH]c1=O. The van der Waals surface area contributed by atoms with Gasteiger partial charge in [-0.3, -0.25) is 4.79 Å². The molecule has 1 fully saturated rings. The molecule has 0 bridgehead atoms. The minimum atomic E-state index is -0.412. The summed E-state index contributed by atoms with van der Waals surface area (Å²) in [5, 5.41) is 12.8. The lowest BCUT2D eigenvalue weighted by atomic mass is 10.0. The lowest BCUT2D eigenvalue weighted by Gasteiger charge is -2.12. The maximum absolute atomic E-state index is 12.1. The topological polar surface area (TPSA) is 81.6 Å². The molecule has 0 saturated heterocycles. The number of hydrogen-bond donors (Lipinski definition) is 2. The lowest BCUT2D eigenvalue weighted by Crippen LogP contribution is -2.19. The van der Waals surface area contributed by atoms with E-state index in [2.05, 4.69) is 15.3 Å². The van der Waals surface area contributed by atoms with E-state index in [4.69, 9.17) is 11.6 Å². The largest absolute Gasteiger partial charge is 0.338 e. The summed E-state index contributed by atoms with van der Waals surface area (Å²) in [7, 11) is 0. The molecule has 1 heterocycles. The molecule has 6 heteroatoms. The normalized spacial score (nSPS) is 14.6. The number of para-hydroxylation sites is 1. The summed E-state index contributed by atoms with van der Waals surface area (Å²) in [5.74, 6) is 1.44. The van der Waals surface area contributed by atoms with Crippen LogP contribution in [-0.4, -0.2) is 9.97 Å². The molecule has 2 aromatic rings. The zero-order valence-corrected chi connectivity index (χ0v) is 13.4. The minimum Gasteiger partial charge on any atom is -0.338 e. The minimum absolute atomic E-state index is 0.0277. The Kier molecular flexibility index (Phi) is 4.63. The van der Waals surface area contributed by atoms with Crippen molar-refractivity contribution >= 4 is 23.1 Å². The Bertz CT molecular complexity index is 803. The summed E-state index contributed by atoms with van der Waals surface area (Å²) in [6.45, 7) is 0. The smallest absolute Gasteiger partial charge is 0.271 e. The number of nitrogens with one attached hydrogen (secondary N) is 2. The Hall–Kier alpha value is -2.32. The number of rotatable bonds is 4. The fourth-order valence-electron chi connectivity index (χ4n) is 2.99. The molecule has 0 spiro atoms. The monoisotopic (exact) mass is 328 g/mol. The summed E-state index contributed by atoms with van der Waals surface area (Å²) in [5.41, 5.74) is 0.181. The molecule has 1 aromatic carbocycles. The van der Waals surface area contributed by atoms with Gasteiger partial charge in [-0.25, -0.2) is 4.98 Å². The zero-order valence-electron chi connectivity index (χ0n) is 12.6. The third-order valence-corrected chi connectivity index (χ3v) is 4.49. The van der Waals surface area contributed by atoms with Crippen molar-refractivity contribution in [2.24, 2.45) is 5.92 Å². The average Bonchev–Trinajstić information content (AvgIpc) is 3.02. The number of nitriles is 1. The highest BCUT2D eigenvalue weighted by atomic mass is 35.5. The van der Waals surface area contributed by atoms with E-state index in [-0.39, 0.29) is 11.4 Å². The molecule has 0 atom stereocenters. The second-order valence-corrected chi connectivity index (χ2v) is 6.21. The van der Waals surface area contributed by atoms with E-state index in [0.29, 0.717) is 22.5 Å². The number of aromatic amines is 1. The third-order valence-electron chi connectivity index (χ3n) is 4.16. The molecule has 118 valence electrons. The number of nitrogens with zero attached hydrogens (tertiary/aromatic N) is 2. The van der Waals surface area contributed by atoms with Crippen molar-refractivity contribution in [3.8, 4) is 6.07 Å². The molecule has 0 radical (unpaired) electrons. The van der Waals surface area contributed by atoms with Crippen LogP contribution in [0.2, 0.25) is 5.02 Å². The molecule has 1 aliphatic rings. The zero-order chi connectivity index (χ0) is 16.2. The van der Waals surface area contributed by atoms with Gasteiger partial charge in [0.15, 0.2) is 11.4 Å². The summed E-state index contributed by atoms with van der Waals surface area (Å²) in [6.07, 6.45) is 5.53. The number of aromatic nitrogens is 2. The molecule has 0 amide bonds. The molecule has 1 aliphatic carbocycles. The van der Waals surface area contributed by atoms with Gasteiger partial charge in [0.05, 0.1) is 10.7 Å². The highest BCUT2D eigenvalue weighted by Gasteiger charge is 2.19. The van der Waals surface area contributed by atoms with Gasteiger partial charge in [0.2, 0.25) is 0 Å². The van der Waals surface area contributed by atoms with Crippen LogP contribution in [0, 0.1) is 17.2 Å². The predicted octanol–water partition coefficient (Wildman–Crippen LogP) is 3.77. The first-order valence-corrected chi connectivity index (χ1v) is 8.10. The first kappa shape index (κ1) is 15.6. The van der Waals surface area contributed by atoms with Gasteiger partial charge in [0.25, 0.3) is 5.56 Å². The number of H-pyrrole nitrogens is 1. The van der Waals surface area contributed by atoms with Gasteiger partial charge in [-0.1, -0.05) is 49.4 Å². The van der Waals surface area contributed by atoms with E-state index in [1.807, 2.05) is 18.2 Å². The van der Waals surface area contributed by atoms with Crippen LogP contribution in [0.3, 0.4) is 0 Å². The highest BCUT2D eigenvalue weighted by Crippen LogP contribution is 2.28. The Morgan fingerprint density at radius 2 is 2.09 bits per heavy atom. The second-order valence-electron chi connectivity index (χ2n) is 5.81. The van der Waals surface area contributed by atoms with Crippen LogP contribution < -0.4 is 10.9 Å². The van der Waals surface area contributed by atoms with Gasteiger partial charge >= 0.3 is 0 Å². The summed E-state index contributed by atoms with van der Waals surface area (Å²) in [4.78, 5) is 19.3. The summed E-state index contributed by atoms with van der Waals surface area (Å²) in [6, 6.07) is 9.07. The summed E-state index contributed by atoms with van der Waals surface area (Å²) < 4.78 is 0. The van der Waals surface area contributed by atoms with E-state index >= 15 is 0 Å². The molecule has 0 unspecified atom stereocenters. The van der Waals surface area contributed by atoms with Gasteiger partial charge in [0, 0.05) is 6.42 Å². The molecule has 1 aromatic heterocycles. The predicted molar refractivity (Wildman–Crippen MR) is 90.0 cm³/mol. The Labute approximate surface area is 139 Å². The fourth-order valence-corrected chi connectivity index (χ4v) is 3.17. The molecule has 5 nitrogen and oxygen atoms in total. The van der Waals surface area contributed by atoms with Crippen LogP contribution in [0.4, 0.5) is 11.5 Å². The lowest BCUT2D eigenvalue weighted by molar-refractivity contribution is 0.529. The number of hydrogen-bond acceptors (Lipinski definition) is 4. The first-order chi connectivity index (χ1) is 11.2. The number of benzene rings is 1. The van der Waals surface area contributed by atoms with E-state index < -0.39 is 5.56 Å². The number of halogens is 1. The van der Waals surface area contributed by atoms with Crippen molar-refractivity contribution in [2.75, 3.05) is 5.32 Å². The van der Waals surface area contributed by atoms with Crippen LogP contribution >= 0.6 is 11.6 Å².